The highest BCUT2D eigenvalue weighted by Crippen LogP contribution is 2.18. The number of aryl methyl sites for hydroxylation is 2. The molecule has 3 rings (SSSR count). The lowest BCUT2D eigenvalue weighted by atomic mass is 10.2. The van der Waals surface area contributed by atoms with Crippen LogP contribution in [0.5, 0.6) is 11.5 Å². The number of nitrogens with one attached hydrogen (secondary N) is 1. The van der Waals surface area contributed by atoms with Gasteiger partial charge in [-0.05, 0) is 74.4 Å². The third kappa shape index (κ3) is 5.70. The summed E-state index contributed by atoms with van der Waals surface area (Å²) < 4.78 is 11.0. The third-order valence-electron chi connectivity index (χ3n) is 4.62. The van der Waals surface area contributed by atoms with Crippen LogP contribution in [0.15, 0.2) is 72.8 Å². The molecule has 1 amide bonds. The molecule has 0 bridgehead atoms. The molecule has 0 aliphatic rings. The Kier molecular flexibility index (Phi) is 6.86. The average Bonchev–Trinajstić information content (AvgIpc) is 2.76. The number of hydrogen-bond donors (Lipinski definition) is 1. The molecule has 5 nitrogen and oxygen atoms in total. The molecule has 3 aromatic carbocycles. The largest absolute Gasteiger partial charge is 0.479 e. The van der Waals surface area contributed by atoms with Gasteiger partial charge in [0, 0.05) is 11.3 Å². The molecule has 0 aliphatic heterocycles. The van der Waals surface area contributed by atoms with Crippen LogP contribution in [-0.2, 0) is 11.2 Å². The molecule has 0 radical (unpaired) electrons. The first-order valence-corrected chi connectivity index (χ1v) is 9.90. The van der Waals surface area contributed by atoms with Gasteiger partial charge >= 0.3 is 5.97 Å². The van der Waals surface area contributed by atoms with Crippen molar-refractivity contribution in [2.75, 3.05) is 5.32 Å². The lowest BCUT2D eigenvalue weighted by molar-refractivity contribution is -0.141. The summed E-state index contributed by atoms with van der Waals surface area (Å²) in [6.45, 7) is 5.70. The molecule has 30 heavy (non-hydrogen) atoms. The molecule has 1 atom stereocenters. The Balaban J connectivity index is 1.55. The summed E-state index contributed by atoms with van der Waals surface area (Å²) in [5, 5.41) is 2.83. The molecule has 0 heterocycles. The summed E-state index contributed by atoms with van der Waals surface area (Å²) in [7, 11) is 0. The van der Waals surface area contributed by atoms with Gasteiger partial charge in [0.1, 0.15) is 11.5 Å². The minimum atomic E-state index is -0.762. The van der Waals surface area contributed by atoms with Crippen LogP contribution in [0.25, 0.3) is 0 Å². The van der Waals surface area contributed by atoms with E-state index in [0.717, 1.165) is 17.7 Å². The Bertz CT molecular complexity index is 993. The van der Waals surface area contributed by atoms with Gasteiger partial charge in [-0.2, -0.15) is 0 Å². The van der Waals surface area contributed by atoms with E-state index in [1.54, 1.807) is 31.2 Å². The Morgan fingerprint density at radius 1 is 0.867 bits per heavy atom. The Labute approximate surface area is 176 Å². The van der Waals surface area contributed by atoms with Crippen LogP contribution in [0, 0.1) is 6.92 Å². The number of carbonyl (C=O) groups excluding carboxylic acids is 2. The zero-order chi connectivity index (χ0) is 21.5. The van der Waals surface area contributed by atoms with Crippen LogP contribution in [0.4, 0.5) is 5.69 Å². The van der Waals surface area contributed by atoms with E-state index in [1.807, 2.05) is 55.5 Å². The molecule has 0 saturated carbocycles. The maximum atomic E-state index is 12.4. The van der Waals surface area contributed by atoms with Crippen molar-refractivity contribution in [3.8, 4) is 11.5 Å². The van der Waals surface area contributed by atoms with Gasteiger partial charge in [-0.1, -0.05) is 36.8 Å². The predicted molar refractivity (Wildman–Crippen MR) is 117 cm³/mol. The number of carbonyl (C=O) groups is 2. The fraction of sp³-hybridized carbons (Fsp3) is 0.200. The van der Waals surface area contributed by atoms with Crippen LogP contribution in [0.3, 0.4) is 0 Å². The van der Waals surface area contributed by atoms with Crippen molar-refractivity contribution in [1.29, 1.82) is 0 Å². The molecule has 0 fully saturated rings. The number of anilines is 1. The molecular formula is C25H25NO4. The molecule has 0 aromatic heterocycles. The highest BCUT2D eigenvalue weighted by Gasteiger charge is 2.17. The van der Waals surface area contributed by atoms with Gasteiger partial charge in [0.05, 0.1) is 0 Å². The number of amides is 1. The van der Waals surface area contributed by atoms with Crippen molar-refractivity contribution in [3.05, 3.63) is 89.5 Å². The zero-order valence-electron chi connectivity index (χ0n) is 17.3. The number of esters is 1. The summed E-state index contributed by atoms with van der Waals surface area (Å²) in [6.07, 6.45) is 0.179. The van der Waals surface area contributed by atoms with E-state index >= 15 is 0 Å². The van der Waals surface area contributed by atoms with Gasteiger partial charge in [0.25, 0.3) is 5.91 Å². The predicted octanol–water partition coefficient (Wildman–Crippen LogP) is 5.18. The molecule has 0 saturated heterocycles. The molecule has 1 N–H and O–H groups in total. The summed E-state index contributed by atoms with van der Waals surface area (Å²) in [5.41, 5.74) is 3.51. The highest BCUT2D eigenvalue weighted by molar-refractivity contribution is 6.04. The van der Waals surface area contributed by atoms with Crippen molar-refractivity contribution < 1.29 is 19.1 Å². The van der Waals surface area contributed by atoms with Crippen molar-refractivity contribution in [3.63, 3.8) is 0 Å². The van der Waals surface area contributed by atoms with E-state index in [-0.39, 0.29) is 5.91 Å². The second-order valence-electron chi connectivity index (χ2n) is 7.02. The van der Waals surface area contributed by atoms with E-state index in [0.29, 0.717) is 17.1 Å². The Morgan fingerprint density at radius 3 is 2.07 bits per heavy atom. The van der Waals surface area contributed by atoms with Crippen LogP contribution in [0.1, 0.15) is 35.3 Å². The normalized spacial score (nSPS) is 11.4. The minimum absolute atomic E-state index is 0.232. The van der Waals surface area contributed by atoms with Crippen LogP contribution in [-0.4, -0.2) is 18.0 Å². The summed E-state index contributed by atoms with van der Waals surface area (Å²) in [6, 6.07) is 21.6. The van der Waals surface area contributed by atoms with Crippen molar-refractivity contribution in [1.82, 2.24) is 0 Å². The topological polar surface area (TPSA) is 64.6 Å². The maximum Gasteiger partial charge on any atom is 0.352 e. The second kappa shape index (κ2) is 9.74. The number of benzene rings is 3. The fourth-order valence-electron chi connectivity index (χ4n) is 2.77. The first-order chi connectivity index (χ1) is 14.4. The minimum Gasteiger partial charge on any atom is -0.479 e. The van der Waals surface area contributed by atoms with Crippen molar-refractivity contribution in [2.45, 2.75) is 33.3 Å². The molecule has 0 aliphatic carbocycles. The van der Waals surface area contributed by atoms with Gasteiger partial charge in [0.2, 0.25) is 0 Å². The standard InChI is InChI=1S/C25H25NO4/c1-4-19-7-13-22(14-8-19)29-18(3)25(28)30-23-15-9-20(10-16-23)24(27)26-21-11-5-17(2)6-12-21/h5-16,18H,4H2,1-3H3,(H,26,27). The van der Waals surface area contributed by atoms with Crippen molar-refractivity contribution in [2.24, 2.45) is 0 Å². The van der Waals surface area contributed by atoms with Gasteiger partial charge in [0.15, 0.2) is 6.10 Å². The average molecular weight is 403 g/mol. The number of ether oxygens (including phenoxy) is 2. The molecule has 3 aromatic rings. The number of hydrogen-bond acceptors (Lipinski definition) is 4. The lowest BCUT2D eigenvalue weighted by Crippen LogP contribution is -2.28. The SMILES string of the molecule is CCc1ccc(OC(C)C(=O)Oc2ccc(C(=O)Nc3ccc(C)cc3)cc2)cc1. The second-order valence-corrected chi connectivity index (χ2v) is 7.02. The zero-order valence-corrected chi connectivity index (χ0v) is 17.3. The molecule has 154 valence electrons. The van der Waals surface area contributed by atoms with Crippen LogP contribution < -0.4 is 14.8 Å². The van der Waals surface area contributed by atoms with Gasteiger partial charge in [-0.3, -0.25) is 4.79 Å². The van der Waals surface area contributed by atoms with Gasteiger partial charge in [-0.15, -0.1) is 0 Å². The summed E-state index contributed by atoms with van der Waals surface area (Å²) >= 11 is 0. The first kappa shape index (κ1) is 21.1. The van der Waals surface area contributed by atoms with E-state index in [1.165, 1.54) is 5.56 Å². The molecule has 1 unspecified atom stereocenters. The Hall–Kier alpha value is -3.60. The van der Waals surface area contributed by atoms with Crippen LogP contribution in [0.2, 0.25) is 0 Å². The van der Waals surface area contributed by atoms with Gasteiger partial charge < -0.3 is 14.8 Å². The van der Waals surface area contributed by atoms with E-state index < -0.39 is 12.1 Å². The molecule has 5 heteroatoms. The summed E-state index contributed by atoms with van der Waals surface area (Å²) in [5.74, 6) is 0.221. The third-order valence-corrected chi connectivity index (χ3v) is 4.62. The fourth-order valence-corrected chi connectivity index (χ4v) is 2.77. The van der Waals surface area contributed by atoms with E-state index in [9.17, 15) is 9.59 Å². The van der Waals surface area contributed by atoms with Crippen LogP contribution >= 0.6 is 0 Å². The smallest absolute Gasteiger partial charge is 0.352 e. The van der Waals surface area contributed by atoms with Gasteiger partial charge in [-0.25, -0.2) is 4.79 Å². The summed E-state index contributed by atoms with van der Waals surface area (Å²) in [4.78, 5) is 24.7. The first-order valence-electron chi connectivity index (χ1n) is 9.90. The molecular weight excluding hydrogens is 378 g/mol. The van der Waals surface area contributed by atoms with E-state index in [4.69, 9.17) is 9.47 Å². The maximum absolute atomic E-state index is 12.4. The highest BCUT2D eigenvalue weighted by atomic mass is 16.6. The van der Waals surface area contributed by atoms with E-state index in [2.05, 4.69) is 12.2 Å². The monoisotopic (exact) mass is 403 g/mol. The lowest BCUT2D eigenvalue weighted by Gasteiger charge is -2.14. The van der Waals surface area contributed by atoms with Crippen molar-refractivity contribution >= 4 is 17.6 Å². The molecule has 0 spiro atoms. The quantitative estimate of drug-likeness (QED) is 0.436. The number of rotatable bonds is 7. The Morgan fingerprint density at radius 2 is 1.47 bits per heavy atom.